The number of fused-ring (bicyclic) bond motifs is 1. The monoisotopic (exact) mass is 394 g/mol. The molecule has 0 saturated carbocycles. The molecule has 1 aromatic heterocycles. The van der Waals surface area contributed by atoms with Crippen molar-refractivity contribution in [2.75, 3.05) is 5.32 Å². The number of pyridine rings is 1. The molecule has 0 aliphatic carbocycles. The fourth-order valence-corrected chi connectivity index (χ4v) is 3.23. The second kappa shape index (κ2) is 8.74. The molecule has 0 spiro atoms. The summed E-state index contributed by atoms with van der Waals surface area (Å²) in [6, 6.07) is 21.6. The Balaban J connectivity index is 0.00000240. The molecule has 4 nitrogen and oxygen atoms in total. The fourth-order valence-electron chi connectivity index (χ4n) is 3.23. The van der Waals surface area contributed by atoms with Gasteiger partial charge in [0.2, 0.25) is 0 Å². The molecule has 4 rings (SSSR count). The van der Waals surface area contributed by atoms with Gasteiger partial charge in [0.25, 0.3) is 0 Å². The Morgan fingerprint density at radius 2 is 1.62 bits per heavy atom. The Morgan fingerprint density at radius 1 is 0.966 bits per heavy atom. The maximum absolute atomic E-state index is 13.6. The maximum atomic E-state index is 13.6. The van der Waals surface area contributed by atoms with Gasteiger partial charge in [-0.15, -0.1) is 0 Å². The zero-order valence-electron chi connectivity index (χ0n) is 16.1. The van der Waals surface area contributed by atoms with E-state index in [1.807, 2.05) is 54.6 Å². The normalized spacial score (nSPS) is 10.4. The molecule has 0 atom stereocenters. The summed E-state index contributed by atoms with van der Waals surface area (Å²) >= 11 is 0. The number of carboxylic acids is 1. The minimum Gasteiger partial charge on any atom is -0.545 e. The summed E-state index contributed by atoms with van der Waals surface area (Å²) < 4.78 is 13.6. The third-order valence-corrected chi connectivity index (χ3v) is 4.65. The minimum absolute atomic E-state index is 0. The van der Waals surface area contributed by atoms with Crippen LogP contribution in [0.25, 0.3) is 22.0 Å². The number of carbonyl (C=O) groups is 1. The van der Waals surface area contributed by atoms with Crippen molar-refractivity contribution in [2.45, 2.75) is 6.92 Å². The molecule has 0 amide bonds. The van der Waals surface area contributed by atoms with Crippen molar-refractivity contribution in [1.82, 2.24) is 4.98 Å². The predicted molar refractivity (Wildman–Crippen MR) is 106 cm³/mol. The molecular formula is C23H16FN2NaO2. The summed E-state index contributed by atoms with van der Waals surface area (Å²) in [4.78, 5) is 16.1. The van der Waals surface area contributed by atoms with Crippen LogP contribution in [0.5, 0.6) is 0 Å². The fraction of sp³-hybridized carbons (Fsp3) is 0.0435. The Kier molecular flexibility index (Phi) is 6.33. The van der Waals surface area contributed by atoms with Gasteiger partial charge in [-0.05, 0) is 48.4 Å². The van der Waals surface area contributed by atoms with Gasteiger partial charge in [-0.1, -0.05) is 42.5 Å². The van der Waals surface area contributed by atoms with Gasteiger partial charge in [0.05, 0.1) is 11.5 Å². The summed E-state index contributed by atoms with van der Waals surface area (Å²) in [5.41, 5.74) is 3.66. The first-order valence-electron chi connectivity index (χ1n) is 8.76. The largest absolute Gasteiger partial charge is 1.00 e. The van der Waals surface area contributed by atoms with Crippen LogP contribution in [0.2, 0.25) is 0 Å². The van der Waals surface area contributed by atoms with Crippen LogP contribution in [0, 0.1) is 12.7 Å². The number of nitrogens with one attached hydrogen (secondary N) is 1. The molecule has 29 heavy (non-hydrogen) atoms. The van der Waals surface area contributed by atoms with E-state index >= 15 is 0 Å². The first-order valence-corrected chi connectivity index (χ1v) is 8.76. The Bertz CT molecular complexity index is 1180. The number of rotatable bonds is 4. The van der Waals surface area contributed by atoms with Crippen LogP contribution in [0.4, 0.5) is 15.9 Å². The Labute approximate surface area is 189 Å². The van der Waals surface area contributed by atoms with Gasteiger partial charge in [-0.3, -0.25) is 0 Å². The van der Waals surface area contributed by atoms with Crippen molar-refractivity contribution in [1.29, 1.82) is 0 Å². The quantitative estimate of drug-likeness (QED) is 0.533. The predicted octanol–water partition coefficient (Wildman–Crippen LogP) is 1.46. The van der Waals surface area contributed by atoms with Gasteiger partial charge >= 0.3 is 29.6 Å². The summed E-state index contributed by atoms with van der Waals surface area (Å²) in [7, 11) is 0. The molecule has 0 fully saturated rings. The first-order chi connectivity index (χ1) is 13.5. The number of nitrogens with zero attached hydrogens (tertiary/aromatic N) is 1. The van der Waals surface area contributed by atoms with Gasteiger partial charge in [-0.2, -0.15) is 0 Å². The van der Waals surface area contributed by atoms with Crippen LogP contribution >= 0.6 is 0 Å². The number of halogens is 1. The Morgan fingerprint density at radius 3 is 2.28 bits per heavy atom. The number of hydrogen-bond donors (Lipinski definition) is 1. The van der Waals surface area contributed by atoms with Crippen LogP contribution in [-0.4, -0.2) is 11.0 Å². The van der Waals surface area contributed by atoms with E-state index < -0.39 is 11.8 Å². The van der Waals surface area contributed by atoms with E-state index in [9.17, 15) is 14.3 Å². The van der Waals surface area contributed by atoms with Crippen LogP contribution < -0.4 is 40.0 Å². The van der Waals surface area contributed by atoms with Crippen LogP contribution in [0.15, 0.2) is 72.8 Å². The topological polar surface area (TPSA) is 65.0 Å². The number of anilines is 2. The van der Waals surface area contributed by atoms with Crippen LogP contribution in [0.3, 0.4) is 0 Å². The van der Waals surface area contributed by atoms with Crippen molar-refractivity contribution >= 4 is 28.4 Å². The molecule has 0 bridgehead atoms. The molecule has 0 unspecified atom stereocenters. The number of carbonyl (C=O) groups excluding carboxylic acids is 1. The molecule has 4 aromatic rings. The molecule has 0 aliphatic rings. The molecule has 6 heteroatoms. The van der Waals surface area contributed by atoms with E-state index in [0.29, 0.717) is 16.9 Å². The summed E-state index contributed by atoms with van der Waals surface area (Å²) in [6.45, 7) is 1.63. The SMILES string of the molecule is Cc1c(Nc2ccc(-c3ccccc3)cc2)nc2ccc(F)cc2c1C(=O)[O-].[Na+]. The standard InChI is InChI=1S/C23H17FN2O2.Na/c1-14-21(23(27)28)19-13-17(24)9-12-20(19)26-22(14)25-18-10-7-16(8-11-18)15-5-3-2-4-6-15;/h2-13H,1H3,(H,25,26)(H,27,28);/q;+1/p-1. The number of carboxylic acid groups (broad SMARTS) is 1. The molecule has 1 heterocycles. The number of benzene rings is 3. The Hall–Kier alpha value is -2.73. The molecule has 0 saturated heterocycles. The maximum Gasteiger partial charge on any atom is 1.00 e. The molecule has 0 aliphatic heterocycles. The van der Waals surface area contributed by atoms with Crippen molar-refractivity contribution < 1.29 is 43.8 Å². The van der Waals surface area contributed by atoms with Crippen LogP contribution in [-0.2, 0) is 0 Å². The van der Waals surface area contributed by atoms with Gasteiger partial charge in [-0.25, -0.2) is 9.37 Å². The van der Waals surface area contributed by atoms with E-state index in [0.717, 1.165) is 16.8 Å². The number of aromatic carboxylic acids is 1. The van der Waals surface area contributed by atoms with Gasteiger partial charge in [0.15, 0.2) is 0 Å². The van der Waals surface area contributed by atoms with Crippen LogP contribution in [0.1, 0.15) is 15.9 Å². The number of hydrogen-bond acceptors (Lipinski definition) is 4. The van der Waals surface area contributed by atoms with Gasteiger partial charge in [0, 0.05) is 22.2 Å². The minimum atomic E-state index is -1.36. The third-order valence-electron chi connectivity index (χ3n) is 4.65. The second-order valence-electron chi connectivity index (χ2n) is 6.48. The summed E-state index contributed by atoms with van der Waals surface area (Å²) in [5, 5.41) is 15.0. The molecule has 0 radical (unpaired) electrons. The van der Waals surface area contributed by atoms with E-state index in [2.05, 4.69) is 10.3 Å². The molecule has 3 aromatic carbocycles. The van der Waals surface area contributed by atoms with E-state index in [4.69, 9.17) is 0 Å². The van der Waals surface area contributed by atoms with Gasteiger partial charge < -0.3 is 15.2 Å². The molecule has 1 N–H and O–H groups in total. The summed E-state index contributed by atoms with van der Waals surface area (Å²) in [6.07, 6.45) is 0. The zero-order chi connectivity index (χ0) is 19.7. The van der Waals surface area contributed by atoms with Crippen molar-refractivity contribution in [3.05, 3.63) is 89.7 Å². The van der Waals surface area contributed by atoms with Crippen molar-refractivity contribution in [3.8, 4) is 11.1 Å². The summed E-state index contributed by atoms with van der Waals surface area (Å²) in [5.74, 6) is -1.49. The first kappa shape index (κ1) is 21.0. The second-order valence-corrected chi connectivity index (χ2v) is 6.48. The van der Waals surface area contributed by atoms with Crippen molar-refractivity contribution in [3.63, 3.8) is 0 Å². The number of aromatic nitrogens is 1. The molecular weight excluding hydrogens is 378 g/mol. The average Bonchev–Trinajstić information content (AvgIpc) is 2.70. The van der Waals surface area contributed by atoms with E-state index in [1.54, 1.807) is 6.92 Å². The zero-order valence-corrected chi connectivity index (χ0v) is 18.1. The molecule has 138 valence electrons. The van der Waals surface area contributed by atoms with Crippen molar-refractivity contribution in [2.24, 2.45) is 0 Å². The van der Waals surface area contributed by atoms with Gasteiger partial charge in [0.1, 0.15) is 11.6 Å². The van der Waals surface area contributed by atoms with E-state index in [1.165, 1.54) is 18.2 Å². The smallest absolute Gasteiger partial charge is 0.545 e. The average molecular weight is 394 g/mol. The third kappa shape index (κ3) is 4.32. The van der Waals surface area contributed by atoms with E-state index in [-0.39, 0.29) is 40.5 Å².